The summed E-state index contributed by atoms with van der Waals surface area (Å²) in [5, 5.41) is 11.3. The van der Waals surface area contributed by atoms with Crippen molar-refractivity contribution in [1.29, 1.82) is 0 Å². The first-order chi connectivity index (χ1) is 6.10. The summed E-state index contributed by atoms with van der Waals surface area (Å²) in [7, 11) is 0. The number of aliphatic hydroxyl groups excluding tert-OH is 1. The highest BCUT2D eigenvalue weighted by molar-refractivity contribution is 5.76. The number of nitrogens with one attached hydrogen (secondary N) is 1. The minimum atomic E-state index is -0.179. The molecule has 0 bridgehead atoms. The van der Waals surface area contributed by atoms with E-state index in [4.69, 9.17) is 10.8 Å². The van der Waals surface area contributed by atoms with Gasteiger partial charge >= 0.3 is 0 Å². The smallest absolute Gasteiger partial charge is 0.221 e. The summed E-state index contributed by atoms with van der Waals surface area (Å²) in [6.45, 7) is 3.76. The number of rotatable bonds is 6. The van der Waals surface area contributed by atoms with E-state index in [1.165, 1.54) is 0 Å². The SMILES string of the molecule is CCCC(N)CC(=O)NC(C)CO. The first kappa shape index (κ1) is 12.4. The summed E-state index contributed by atoms with van der Waals surface area (Å²) in [5.74, 6) is -0.0810. The molecule has 4 heteroatoms. The molecule has 2 atom stereocenters. The van der Waals surface area contributed by atoms with Gasteiger partial charge in [-0.2, -0.15) is 0 Å². The first-order valence-corrected chi connectivity index (χ1v) is 4.76. The number of hydrogen-bond acceptors (Lipinski definition) is 3. The number of carbonyl (C=O) groups is 1. The third kappa shape index (κ3) is 6.54. The van der Waals surface area contributed by atoms with Gasteiger partial charge in [0, 0.05) is 18.5 Å². The van der Waals surface area contributed by atoms with Crippen LogP contribution in [-0.4, -0.2) is 29.7 Å². The highest BCUT2D eigenvalue weighted by Crippen LogP contribution is 1.98. The maximum Gasteiger partial charge on any atom is 0.221 e. The van der Waals surface area contributed by atoms with Crippen molar-refractivity contribution < 1.29 is 9.90 Å². The lowest BCUT2D eigenvalue weighted by molar-refractivity contribution is -0.122. The maximum absolute atomic E-state index is 11.2. The van der Waals surface area contributed by atoms with Gasteiger partial charge in [0.05, 0.1) is 6.61 Å². The van der Waals surface area contributed by atoms with E-state index in [0.717, 1.165) is 12.8 Å². The van der Waals surface area contributed by atoms with Crippen molar-refractivity contribution in [3.05, 3.63) is 0 Å². The predicted octanol–water partition coefficient (Wildman–Crippen LogP) is 0.000900. The minimum absolute atomic E-state index is 0.0330. The van der Waals surface area contributed by atoms with E-state index in [1.54, 1.807) is 6.92 Å². The molecule has 13 heavy (non-hydrogen) atoms. The molecular weight excluding hydrogens is 168 g/mol. The van der Waals surface area contributed by atoms with Crippen molar-refractivity contribution in [3.63, 3.8) is 0 Å². The summed E-state index contributed by atoms with van der Waals surface area (Å²) >= 11 is 0. The number of nitrogens with two attached hydrogens (primary N) is 1. The second-order valence-corrected chi connectivity index (χ2v) is 3.40. The van der Waals surface area contributed by atoms with Crippen LogP contribution in [0.1, 0.15) is 33.1 Å². The summed E-state index contributed by atoms with van der Waals surface area (Å²) in [4.78, 5) is 11.2. The van der Waals surface area contributed by atoms with E-state index >= 15 is 0 Å². The van der Waals surface area contributed by atoms with Crippen LogP contribution in [0.25, 0.3) is 0 Å². The fraction of sp³-hybridized carbons (Fsp3) is 0.889. The van der Waals surface area contributed by atoms with Crippen LogP contribution in [0.15, 0.2) is 0 Å². The molecule has 0 aromatic rings. The van der Waals surface area contributed by atoms with Gasteiger partial charge in [-0.25, -0.2) is 0 Å². The lowest BCUT2D eigenvalue weighted by atomic mass is 10.1. The molecule has 0 rings (SSSR count). The molecule has 1 amide bonds. The Morgan fingerprint density at radius 1 is 1.62 bits per heavy atom. The van der Waals surface area contributed by atoms with Crippen molar-refractivity contribution in [2.75, 3.05) is 6.61 Å². The second kappa shape index (κ2) is 6.86. The Bertz CT molecular complexity index is 151. The van der Waals surface area contributed by atoms with Gasteiger partial charge in [0.15, 0.2) is 0 Å². The normalized spacial score (nSPS) is 15.1. The van der Waals surface area contributed by atoms with Crippen LogP contribution in [0.3, 0.4) is 0 Å². The molecule has 0 heterocycles. The molecular formula is C9H20N2O2. The molecule has 78 valence electrons. The van der Waals surface area contributed by atoms with Gasteiger partial charge in [0.1, 0.15) is 0 Å². The zero-order valence-electron chi connectivity index (χ0n) is 8.42. The first-order valence-electron chi connectivity index (χ1n) is 4.76. The van der Waals surface area contributed by atoms with Crippen LogP contribution >= 0.6 is 0 Å². The van der Waals surface area contributed by atoms with Crippen molar-refractivity contribution in [1.82, 2.24) is 5.32 Å². The van der Waals surface area contributed by atoms with Gasteiger partial charge in [-0.1, -0.05) is 13.3 Å². The standard InChI is InChI=1S/C9H20N2O2/c1-3-4-8(10)5-9(13)11-7(2)6-12/h7-8,12H,3-6,10H2,1-2H3,(H,11,13). The third-order valence-electron chi connectivity index (χ3n) is 1.79. The van der Waals surface area contributed by atoms with Gasteiger partial charge in [-0.15, -0.1) is 0 Å². The molecule has 0 aliphatic carbocycles. The van der Waals surface area contributed by atoms with Crippen LogP contribution in [-0.2, 0) is 4.79 Å². The largest absolute Gasteiger partial charge is 0.394 e. The van der Waals surface area contributed by atoms with Crippen LogP contribution in [0.2, 0.25) is 0 Å². The van der Waals surface area contributed by atoms with Gasteiger partial charge in [-0.3, -0.25) is 4.79 Å². The van der Waals surface area contributed by atoms with Crippen LogP contribution in [0.4, 0.5) is 0 Å². The van der Waals surface area contributed by atoms with Crippen molar-refractivity contribution in [2.24, 2.45) is 5.73 Å². The van der Waals surface area contributed by atoms with Gasteiger partial charge in [-0.05, 0) is 13.3 Å². The zero-order chi connectivity index (χ0) is 10.3. The molecule has 0 saturated heterocycles. The minimum Gasteiger partial charge on any atom is -0.394 e. The molecule has 0 spiro atoms. The molecule has 0 aromatic heterocycles. The van der Waals surface area contributed by atoms with Crippen molar-refractivity contribution in [3.8, 4) is 0 Å². The number of aliphatic hydroxyl groups is 1. The molecule has 4 N–H and O–H groups in total. The van der Waals surface area contributed by atoms with Crippen molar-refractivity contribution in [2.45, 2.75) is 45.2 Å². The van der Waals surface area contributed by atoms with E-state index in [9.17, 15) is 4.79 Å². The predicted molar refractivity (Wildman–Crippen MR) is 52.2 cm³/mol. The summed E-state index contributed by atoms with van der Waals surface area (Å²) < 4.78 is 0. The molecule has 4 nitrogen and oxygen atoms in total. The van der Waals surface area contributed by atoms with Crippen LogP contribution in [0.5, 0.6) is 0 Å². The van der Waals surface area contributed by atoms with E-state index in [0.29, 0.717) is 6.42 Å². The lowest BCUT2D eigenvalue weighted by Gasteiger charge is -2.13. The Balaban J connectivity index is 3.61. The molecule has 0 aliphatic rings. The van der Waals surface area contributed by atoms with Gasteiger partial charge in [0.25, 0.3) is 0 Å². The van der Waals surface area contributed by atoms with Gasteiger partial charge < -0.3 is 16.2 Å². The average Bonchev–Trinajstić information content (AvgIpc) is 2.04. The Kier molecular flexibility index (Phi) is 6.54. The molecule has 0 aliphatic heterocycles. The fourth-order valence-corrected chi connectivity index (χ4v) is 1.09. The van der Waals surface area contributed by atoms with E-state index in [-0.39, 0.29) is 24.6 Å². The lowest BCUT2D eigenvalue weighted by Crippen LogP contribution is -2.38. The highest BCUT2D eigenvalue weighted by Gasteiger charge is 2.10. The summed E-state index contributed by atoms with van der Waals surface area (Å²) in [6, 6.07) is -0.239. The Morgan fingerprint density at radius 3 is 2.69 bits per heavy atom. The molecule has 2 unspecified atom stereocenters. The van der Waals surface area contributed by atoms with Crippen LogP contribution in [0, 0.1) is 0 Å². The molecule has 0 fully saturated rings. The summed E-state index contributed by atoms with van der Waals surface area (Å²) in [6.07, 6.45) is 2.20. The molecule has 0 aromatic carbocycles. The monoisotopic (exact) mass is 188 g/mol. The molecule has 0 saturated carbocycles. The number of hydrogen-bond donors (Lipinski definition) is 3. The fourth-order valence-electron chi connectivity index (χ4n) is 1.09. The van der Waals surface area contributed by atoms with E-state index in [1.807, 2.05) is 6.92 Å². The Hall–Kier alpha value is -0.610. The van der Waals surface area contributed by atoms with E-state index < -0.39 is 0 Å². The Labute approximate surface area is 79.5 Å². The zero-order valence-corrected chi connectivity index (χ0v) is 8.42. The highest BCUT2D eigenvalue weighted by atomic mass is 16.3. The second-order valence-electron chi connectivity index (χ2n) is 3.40. The van der Waals surface area contributed by atoms with Gasteiger partial charge in [0.2, 0.25) is 5.91 Å². The Morgan fingerprint density at radius 2 is 2.23 bits per heavy atom. The topological polar surface area (TPSA) is 75.4 Å². The number of amides is 1. The summed E-state index contributed by atoms with van der Waals surface area (Å²) in [5.41, 5.74) is 5.68. The average molecular weight is 188 g/mol. The quantitative estimate of drug-likeness (QED) is 0.549. The number of carbonyl (C=O) groups excluding carboxylic acids is 1. The van der Waals surface area contributed by atoms with Crippen LogP contribution < -0.4 is 11.1 Å². The molecule has 0 radical (unpaired) electrons. The maximum atomic E-state index is 11.2. The third-order valence-corrected chi connectivity index (χ3v) is 1.79. The van der Waals surface area contributed by atoms with E-state index in [2.05, 4.69) is 5.32 Å². The van der Waals surface area contributed by atoms with Crippen molar-refractivity contribution >= 4 is 5.91 Å².